The summed E-state index contributed by atoms with van der Waals surface area (Å²) in [6.07, 6.45) is 0. The van der Waals surface area contributed by atoms with Gasteiger partial charge in [0.1, 0.15) is 16.8 Å². The zero-order valence-electron chi connectivity index (χ0n) is 24.6. The van der Waals surface area contributed by atoms with E-state index in [4.69, 9.17) is 14.4 Å². The summed E-state index contributed by atoms with van der Waals surface area (Å²) >= 11 is 0. The second kappa shape index (κ2) is 10.3. The van der Waals surface area contributed by atoms with Gasteiger partial charge in [-0.05, 0) is 71.8 Å². The van der Waals surface area contributed by atoms with E-state index in [1.807, 2.05) is 42.5 Å². The number of nitriles is 1. The molecule has 0 amide bonds. The lowest BCUT2D eigenvalue weighted by molar-refractivity contribution is 0.667. The number of aromatic nitrogens is 3. The van der Waals surface area contributed by atoms with E-state index < -0.39 is 0 Å². The van der Waals surface area contributed by atoms with Gasteiger partial charge in [0, 0.05) is 33.0 Å². The van der Waals surface area contributed by atoms with Crippen LogP contribution in [0.3, 0.4) is 0 Å². The number of nitrogens with zero attached hydrogens (tertiary/aromatic N) is 4. The Labute approximate surface area is 264 Å². The number of fused-ring (bicyclic) bond motifs is 6. The van der Waals surface area contributed by atoms with Crippen molar-refractivity contribution in [3.05, 3.63) is 151 Å². The van der Waals surface area contributed by atoms with Gasteiger partial charge in [-0.1, -0.05) is 84.9 Å². The molecule has 5 nitrogen and oxygen atoms in total. The largest absolute Gasteiger partial charge is 0.452 e. The first kappa shape index (κ1) is 25.9. The Morgan fingerprint density at radius 2 is 1.20 bits per heavy atom. The Morgan fingerprint density at radius 1 is 0.543 bits per heavy atom. The molecule has 0 unspecified atom stereocenters. The van der Waals surface area contributed by atoms with Crippen molar-refractivity contribution in [1.82, 2.24) is 14.5 Å². The van der Waals surface area contributed by atoms with Crippen molar-refractivity contribution in [3.8, 4) is 45.5 Å². The second-order valence-electron chi connectivity index (χ2n) is 11.4. The van der Waals surface area contributed by atoms with Crippen molar-refractivity contribution in [2.24, 2.45) is 0 Å². The number of para-hydroxylation sites is 2. The van der Waals surface area contributed by atoms with E-state index in [1.165, 1.54) is 21.8 Å². The monoisotopic (exact) mass is 588 g/mol. The van der Waals surface area contributed by atoms with Crippen LogP contribution in [0.1, 0.15) is 5.56 Å². The zero-order chi connectivity index (χ0) is 30.6. The van der Waals surface area contributed by atoms with Gasteiger partial charge >= 0.3 is 0 Å². The highest BCUT2D eigenvalue weighted by Gasteiger charge is 2.19. The summed E-state index contributed by atoms with van der Waals surface area (Å²) in [7, 11) is 0. The van der Waals surface area contributed by atoms with Gasteiger partial charge < -0.3 is 8.98 Å². The van der Waals surface area contributed by atoms with Gasteiger partial charge in [0.15, 0.2) is 11.4 Å². The van der Waals surface area contributed by atoms with E-state index in [1.54, 1.807) is 12.1 Å². The third kappa shape index (κ3) is 4.09. The van der Waals surface area contributed by atoms with Crippen molar-refractivity contribution in [1.29, 1.82) is 5.26 Å². The van der Waals surface area contributed by atoms with Crippen LogP contribution in [0.25, 0.3) is 83.3 Å². The summed E-state index contributed by atoms with van der Waals surface area (Å²) in [5.74, 6) is 0.585. The summed E-state index contributed by atoms with van der Waals surface area (Å²) in [5, 5.41) is 12.7. The summed E-state index contributed by atoms with van der Waals surface area (Å²) in [4.78, 5) is 9.96. The van der Waals surface area contributed by atoms with E-state index in [0.717, 1.165) is 50.1 Å². The Balaban J connectivity index is 1.21. The molecule has 214 valence electrons. The lowest BCUT2D eigenvalue weighted by Gasteiger charge is -2.10. The molecule has 0 aliphatic rings. The number of hydrogen-bond acceptors (Lipinski definition) is 4. The third-order valence-electron chi connectivity index (χ3n) is 8.65. The van der Waals surface area contributed by atoms with E-state index in [0.29, 0.717) is 17.0 Å². The van der Waals surface area contributed by atoms with Crippen molar-refractivity contribution in [3.63, 3.8) is 0 Å². The lowest BCUT2D eigenvalue weighted by Crippen LogP contribution is -1.94. The molecule has 0 spiro atoms. The van der Waals surface area contributed by atoms with Gasteiger partial charge in [0.05, 0.1) is 22.7 Å². The molecule has 0 fully saturated rings. The number of furan rings is 1. The summed E-state index contributed by atoms with van der Waals surface area (Å²) < 4.78 is 8.91. The third-order valence-corrected chi connectivity index (χ3v) is 8.65. The Hall–Kier alpha value is -6.51. The van der Waals surface area contributed by atoms with Crippen LogP contribution in [-0.2, 0) is 0 Å². The maximum atomic E-state index is 9.28. The standard InChI is InChI=1S/C41H24N4O/c42-25-26-17-19-28(20-18-26)41-43-38(27-9-2-1-3-10-27)40-39(44-41)34-22-21-30(24-37(34)46-40)29-11-8-12-31(23-29)45-35-15-6-4-13-32(35)33-14-5-7-16-36(33)45/h1-24H. The van der Waals surface area contributed by atoms with Gasteiger partial charge in [-0.25, -0.2) is 9.97 Å². The molecule has 0 saturated heterocycles. The first-order valence-electron chi connectivity index (χ1n) is 15.1. The van der Waals surface area contributed by atoms with Crippen LogP contribution in [0.15, 0.2) is 150 Å². The average Bonchev–Trinajstić information content (AvgIpc) is 3.67. The molecular weight excluding hydrogens is 564 g/mol. The fourth-order valence-electron chi connectivity index (χ4n) is 6.46. The Kier molecular flexibility index (Phi) is 5.81. The topological polar surface area (TPSA) is 67.6 Å². The van der Waals surface area contributed by atoms with Gasteiger partial charge in [-0.3, -0.25) is 0 Å². The minimum absolute atomic E-state index is 0.585. The van der Waals surface area contributed by atoms with Gasteiger partial charge in [0.25, 0.3) is 0 Å². The van der Waals surface area contributed by atoms with Crippen LogP contribution >= 0.6 is 0 Å². The second-order valence-corrected chi connectivity index (χ2v) is 11.4. The molecule has 3 heterocycles. The zero-order valence-corrected chi connectivity index (χ0v) is 24.6. The highest BCUT2D eigenvalue weighted by Crippen LogP contribution is 2.38. The van der Waals surface area contributed by atoms with Crippen molar-refractivity contribution < 1.29 is 4.42 Å². The first-order chi connectivity index (χ1) is 22.7. The van der Waals surface area contributed by atoms with E-state index in [9.17, 15) is 5.26 Å². The molecule has 0 atom stereocenters. The predicted octanol–water partition coefficient (Wildman–Crippen LogP) is 10.3. The highest BCUT2D eigenvalue weighted by molar-refractivity contribution is 6.10. The summed E-state index contributed by atoms with van der Waals surface area (Å²) in [6.45, 7) is 0. The predicted molar refractivity (Wildman–Crippen MR) is 185 cm³/mol. The van der Waals surface area contributed by atoms with E-state index in [-0.39, 0.29) is 0 Å². The fraction of sp³-hybridized carbons (Fsp3) is 0. The molecule has 0 radical (unpaired) electrons. The van der Waals surface area contributed by atoms with Crippen molar-refractivity contribution in [2.45, 2.75) is 0 Å². The van der Waals surface area contributed by atoms with Crippen LogP contribution in [0, 0.1) is 11.3 Å². The van der Waals surface area contributed by atoms with Gasteiger partial charge in [-0.15, -0.1) is 0 Å². The number of rotatable bonds is 4. The van der Waals surface area contributed by atoms with Gasteiger partial charge in [0.2, 0.25) is 0 Å². The minimum atomic E-state index is 0.585. The molecule has 9 aromatic rings. The maximum Gasteiger partial charge on any atom is 0.180 e. The molecule has 6 aromatic carbocycles. The summed E-state index contributed by atoms with van der Waals surface area (Å²) in [5.41, 5.74) is 10.9. The molecule has 0 N–H and O–H groups in total. The SMILES string of the molecule is N#Cc1ccc(-c2nc(-c3ccccc3)c3oc4cc(-c5cccc(-n6c7ccccc7c7ccccc76)c5)ccc4c3n2)cc1. The number of hydrogen-bond donors (Lipinski definition) is 0. The van der Waals surface area contributed by atoms with Crippen molar-refractivity contribution >= 4 is 43.9 Å². The van der Waals surface area contributed by atoms with Crippen LogP contribution in [0.2, 0.25) is 0 Å². The minimum Gasteiger partial charge on any atom is -0.452 e. The first-order valence-corrected chi connectivity index (χ1v) is 15.1. The van der Waals surface area contributed by atoms with Crippen LogP contribution in [-0.4, -0.2) is 14.5 Å². The summed E-state index contributed by atoms with van der Waals surface area (Å²) in [6, 6.07) is 51.7. The number of benzene rings is 6. The molecule has 0 saturated carbocycles. The lowest BCUT2D eigenvalue weighted by atomic mass is 10.0. The quantitative estimate of drug-likeness (QED) is 0.205. The molecule has 9 rings (SSSR count). The molecule has 0 bridgehead atoms. The van der Waals surface area contributed by atoms with Crippen LogP contribution in [0.4, 0.5) is 0 Å². The van der Waals surface area contributed by atoms with E-state index >= 15 is 0 Å². The molecule has 0 aliphatic carbocycles. The molecule has 46 heavy (non-hydrogen) atoms. The van der Waals surface area contributed by atoms with Crippen LogP contribution < -0.4 is 0 Å². The fourth-order valence-corrected chi connectivity index (χ4v) is 6.46. The molecular formula is C41H24N4O. The maximum absolute atomic E-state index is 9.28. The molecule has 3 aromatic heterocycles. The Morgan fingerprint density at radius 3 is 1.93 bits per heavy atom. The van der Waals surface area contributed by atoms with Crippen molar-refractivity contribution in [2.75, 3.05) is 0 Å². The highest BCUT2D eigenvalue weighted by atomic mass is 16.3. The van der Waals surface area contributed by atoms with Gasteiger partial charge in [-0.2, -0.15) is 5.26 Å². The Bertz CT molecular complexity index is 2590. The smallest absolute Gasteiger partial charge is 0.180 e. The average molecular weight is 589 g/mol. The normalized spacial score (nSPS) is 11.5. The molecule has 5 heteroatoms. The van der Waals surface area contributed by atoms with E-state index in [2.05, 4.69) is 102 Å². The molecule has 0 aliphatic heterocycles. The van der Waals surface area contributed by atoms with Crippen LogP contribution in [0.5, 0.6) is 0 Å².